The molecule has 0 aromatic heterocycles. The third kappa shape index (κ3) is 8.90. The quantitative estimate of drug-likeness (QED) is 0.123. The first-order valence-electron chi connectivity index (χ1n) is 17.6. The molecule has 1 aliphatic heterocycles. The monoisotopic (exact) mass is 693 g/mol. The second-order valence-corrected chi connectivity index (χ2v) is 15.7. The van der Waals surface area contributed by atoms with Crippen LogP contribution in [-0.4, -0.2) is 58.0 Å². The van der Waals surface area contributed by atoms with Crippen LogP contribution in [0.2, 0.25) is 0 Å². The van der Waals surface area contributed by atoms with Gasteiger partial charge in [0.25, 0.3) is 0 Å². The topological polar surface area (TPSA) is 90.9 Å². The van der Waals surface area contributed by atoms with Crippen LogP contribution in [0, 0.1) is 5.92 Å². The first-order valence-corrected chi connectivity index (χ1v) is 18.5. The highest BCUT2D eigenvalue weighted by molar-refractivity contribution is 8.01. The summed E-state index contributed by atoms with van der Waals surface area (Å²) in [5, 5.41) is 16.9. The lowest BCUT2D eigenvalue weighted by Gasteiger charge is -2.37. The van der Waals surface area contributed by atoms with Gasteiger partial charge in [-0.2, -0.15) is 0 Å². The zero-order chi connectivity index (χ0) is 35.7. The first-order chi connectivity index (χ1) is 24.0. The molecule has 50 heavy (non-hydrogen) atoms. The Morgan fingerprint density at radius 2 is 1.38 bits per heavy atom. The summed E-state index contributed by atoms with van der Waals surface area (Å²) in [5.41, 5.74) is 3.56. The number of phenols is 1. The van der Waals surface area contributed by atoms with Crippen LogP contribution in [0.15, 0.2) is 115 Å². The van der Waals surface area contributed by atoms with Crippen molar-refractivity contribution in [1.82, 2.24) is 15.5 Å². The third-order valence-corrected chi connectivity index (χ3v) is 11.1. The molecule has 264 valence electrons. The van der Waals surface area contributed by atoms with Crippen molar-refractivity contribution in [3.63, 3.8) is 0 Å². The van der Waals surface area contributed by atoms with Crippen LogP contribution in [0.25, 0.3) is 0 Å². The number of rotatable bonds is 13. The predicted octanol–water partition coefficient (Wildman–Crippen LogP) is 8.12. The van der Waals surface area contributed by atoms with E-state index >= 15 is 0 Å². The van der Waals surface area contributed by atoms with Gasteiger partial charge in [0.05, 0.1) is 16.8 Å². The number of hydrogen-bond acceptors (Lipinski definition) is 6. The van der Waals surface area contributed by atoms with Gasteiger partial charge in [0.2, 0.25) is 5.91 Å². The molecule has 1 fully saturated rings. The van der Waals surface area contributed by atoms with Crippen molar-refractivity contribution in [3.8, 4) is 5.75 Å². The number of aromatic hydroxyl groups is 1. The second kappa shape index (κ2) is 16.6. The van der Waals surface area contributed by atoms with E-state index in [1.807, 2.05) is 74.7 Å². The Morgan fingerprint density at radius 3 is 1.88 bits per heavy atom. The zero-order valence-electron chi connectivity index (χ0n) is 29.8. The van der Waals surface area contributed by atoms with E-state index in [2.05, 4.69) is 90.4 Å². The Hall–Kier alpha value is -4.27. The van der Waals surface area contributed by atoms with Gasteiger partial charge < -0.3 is 25.4 Å². The molecule has 0 bridgehead atoms. The number of nitrogens with zero attached hydrogens (tertiary/aromatic N) is 1. The standard InChI is InChI=1S/C42H51N3O4S/c1-6-30(2)38(43-27-31-18-16-17-25-37(31)46)39(47)44-28-35-26-36(29-45(35)40(48)49-41(3,4)5)50-42(32-19-10-7-11-20-32,33-21-12-8-13-22-33)34-23-14-9-15-24-34/h7-25,30,35-36,38,43,46H,6,26-29H2,1-5H3,(H,44,47)/t30-,35?,36?,38-/m0/s1. The van der Waals surface area contributed by atoms with Gasteiger partial charge in [-0.05, 0) is 55.9 Å². The number of ether oxygens (including phenoxy) is 1. The smallest absolute Gasteiger partial charge is 0.410 e. The summed E-state index contributed by atoms with van der Waals surface area (Å²) in [6.45, 7) is 10.9. The lowest BCUT2D eigenvalue weighted by Crippen LogP contribution is -2.51. The average molecular weight is 694 g/mol. The molecular formula is C42H51N3O4S. The molecule has 2 amide bonds. The minimum absolute atomic E-state index is 0.0366. The van der Waals surface area contributed by atoms with Gasteiger partial charge in [0.1, 0.15) is 11.4 Å². The van der Waals surface area contributed by atoms with Crippen LogP contribution in [-0.2, 0) is 20.8 Å². The molecule has 8 heteroatoms. The summed E-state index contributed by atoms with van der Waals surface area (Å²) in [6, 6.07) is 38.1. The highest BCUT2D eigenvalue weighted by Crippen LogP contribution is 2.52. The van der Waals surface area contributed by atoms with E-state index in [4.69, 9.17) is 4.74 Å². The van der Waals surface area contributed by atoms with Crippen molar-refractivity contribution >= 4 is 23.8 Å². The molecule has 0 saturated carbocycles. The van der Waals surface area contributed by atoms with E-state index in [1.165, 1.54) is 0 Å². The molecule has 4 aromatic carbocycles. The highest BCUT2D eigenvalue weighted by Gasteiger charge is 2.45. The molecule has 3 N–H and O–H groups in total. The number of amides is 2. The largest absolute Gasteiger partial charge is 0.508 e. The van der Waals surface area contributed by atoms with E-state index in [9.17, 15) is 14.7 Å². The van der Waals surface area contributed by atoms with Gasteiger partial charge in [0.15, 0.2) is 0 Å². The molecule has 0 radical (unpaired) electrons. The number of phenolic OH excluding ortho intramolecular Hbond substituents is 1. The Kier molecular flexibility index (Phi) is 12.3. The van der Waals surface area contributed by atoms with Crippen LogP contribution in [0.5, 0.6) is 5.75 Å². The minimum Gasteiger partial charge on any atom is -0.508 e. The maximum absolute atomic E-state index is 13.8. The van der Waals surface area contributed by atoms with Crippen LogP contribution in [0.3, 0.4) is 0 Å². The molecule has 1 heterocycles. The third-order valence-electron chi connectivity index (χ3n) is 9.40. The normalized spacial score (nSPS) is 17.6. The molecular weight excluding hydrogens is 643 g/mol. The Balaban J connectivity index is 1.42. The number of benzene rings is 4. The Bertz CT molecular complexity index is 1580. The fraction of sp³-hybridized carbons (Fsp3) is 0.381. The van der Waals surface area contributed by atoms with Gasteiger partial charge in [-0.1, -0.05) is 129 Å². The summed E-state index contributed by atoms with van der Waals surface area (Å²) >= 11 is 1.86. The maximum Gasteiger partial charge on any atom is 0.410 e. The fourth-order valence-corrected chi connectivity index (χ4v) is 8.54. The average Bonchev–Trinajstić information content (AvgIpc) is 3.53. The lowest BCUT2D eigenvalue weighted by molar-refractivity contribution is -0.124. The number of nitrogens with one attached hydrogen (secondary N) is 2. The van der Waals surface area contributed by atoms with Crippen molar-refractivity contribution in [2.45, 2.75) is 81.7 Å². The molecule has 0 aliphatic carbocycles. The van der Waals surface area contributed by atoms with Crippen LogP contribution >= 0.6 is 11.8 Å². The summed E-state index contributed by atoms with van der Waals surface area (Å²) in [5.74, 6) is 0.128. The van der Waals surface area contributed by atoms with Crippen molar-refractivity contribution in [2.24, 2.45) is 5.92 Å². The number of carbonyl (C=O) groups excluding carboxylic acids is 2. The van der Waals surface area contributed by atoms with Gasteiger partial charge in [0, 0.05) is 30.4 Å². The van der Waals surface area contributed by atoms with Crippen LogP contribution in [0.1, 0.15) is 69.7 Å². The molecule has 2 unspecified atom stereocenters. The van der Waals surface area contributed by atoms with Crippen molar-refractivity contribution in [1.29, 1.82) is 0 Å². The van der Waals surface area contributed by atoms with E-state index in [1.54, 1.807) is 12.1 Å². The molecule has 1 aliphatic rings. The number of likely N-dealkylation sites (tertiary alicyclic amines) is 1. The highest BCUT2D eigenvalue weighted by atomic mass is 32.2. The lowest BCUT2D eigenvalue weighted by atomic mass is 9.84. The Labute approximate surface area is 301 Å². The Morgan fingerprint density at radius 1 is 0.860 bits per heavy atom. The second-order valence-electron chi connectivity index (χ2n) is 14.2. The fourth-order valence-electron chi connectivity index (χ4n) is 6.67. The van der Waals surface area contributed by atoms with Crippen LogP contribution < -0.4 is 10.6 Å². The summed E-state index contributed by atoms with van der Waals surface area (Å²) in [4.78, 5) is 29.4. The summed E-state index contributed by atoms with van der Waals surface area (Å²) < 4.78 is 5.38. The van der Waals surface area contributed by atoms with Gasteiger partial charge >= 0.3 is 6.09 Å². The molecule has 4 aromatic rings. The molecule has 0 spiro atoms. The number of carbonyl (C=O) groups is 2. The zero-order valence-corrected chi connectivity index (χ0v) is 30.7. The van der Waals surface area contributed by atoms with Crippen molar-refractivity contribution in [3.05, 3.63) is 138 Å². The van der Waals surface area contributed by atoms with E-state index in [0.717, 1.165) is 28.7 Å². The SMILES string of the molecule is CC[C@H](C)[C@H](NCc1ccccc1O)C(=O)NCC1CC(SC(c2ccccc2)(c2ccccc2)c2ccccc2)CN1C(=O)OC(C)(C)C. The van der Waals surface area contributed by atoms with E-state index in [0.29, 0.717) is 26.1 Å². The predicted molar refractivity (Wildman–Crippen MR) is 203 cm³/mol. The van der Waals surface area contributed by atoms with Crippen LogP contribution in [0.4, 0.5) is 4.79 Å². The van der Waals surface area contributed by atoms with Crippen molar-refractivity contribution < 1.29 is 19.4 Å². The minimum atomic E-state index is -0.660. The first kappa shape index (κ1) is 37.0. The maximum atomic E-state index is 13.8. The van der Waals surface area contributed by atoms with E-state index < -0.39 is 16.4 Å². The molecule has 1 saturated heterocycles. The molecule has 4 atom stereocenters. The summed E-state index contributed by atoms with van der Waals surface area (Å²) in [6.07, 6.45) is 1.11. The number of hydrogen-bond donors (Lipinski definition) is 3. The van der Waals surface area contributed by atoms with Gasteiger partial charge in [-0.3, -0.25) is 4.79 Å². The van der Waals surface area contributed by atoms with E-state index in [-0.39, 0.29) is 35.0 Å². The molecule has 7 nitrogen and oxygen atoms in total. The number of para-hydroxylation sites is 1. The molecule has 5 rings (SSSR count). The summed E-state index contributed by atoms with van der Waals surface area (Å²) in [7, 11) is 0. The van der Waals surface area contributed by atoms with Gasteiger partial charge in [-0.15, -0.1) is 11.8 Å². The van der Waals surface area contributed by atoms with Gasteiger partial charge in [-0.25, -0.2) is 4.79 Å². The van der Waals surface area contributed by atoms with Crippen molar-refractivity contribution in [2.75, 3.05) is 13.1 Å². The number of thioether (sulfide) groups is 1.